The van der Waals surface area contributed by atoms with Gasteiger partial charge in [0.25, 0.3) is 5.91 Å². The second kappa shape index (κ2) is 7.84. The largest absolute Gasteiger partial charge is 0.420 e. The molecule has 1 atom stereocenters. The number of aromatic nitrogens is 2. The molecule has 2 heterocycles. The molecule has 1 fully saturated rings. The molecule has 1 saturated heterocycles. The van der Waals surface area contributed by atoms with E-state index in [9.17, 15) is 4.79 Å². The summed E-state index contributed by atoms with van der Waals surface area (Å²) in [5.74, 6) is 1.26. The minimum atomic E-state index is 0.0535. The first-order valence-electron chi connectivity index (χ1n) is 9.57. The zero-order chi connectivity index (χ0) is 19.5. The predicted octanol–water partition coefficient (Wildman–Crippen LogP) is 3.82. The Bertz CT molecular complexity index is 935. The van der Waals surface area contributed by atoms with Gasteiger partial charge in [0.05, 0.1) is 5.92 Å². The van der Waals surface area contributed by atoms with Crippen molar-refractivity contribution in [3.05, 3.63) is 66.1 Å². The first-order chi connectivity index (χ1) is 13.6. The summed E-state index contributed by atoms with van der Waals surface area (Å²) >= 11 is 0. The number of nitrogens with zero attached hydrogens (tertiary/aromatic N) is 4. The van der Waals surface area contributed by atoms with Crippen LogP contribution in [0.5, 0.6) is 0 Å². The van der Waals surface area contributed by atoms with Crippen molar-refractivity contribution in [1.82, 2.24) is 15.1 Å². The van der Waals surface area contributed by atoms with Crippen LogP contribution in [0.25, 0.3) is 11.5 Å². The van der Waals surface area contributed by atoms with E-state index in [1.807, 2.05) is 78.5 Å². The van der Waals surface area contributed by atoms with Crippen molar-refractivity contribution in [2.75, 3.05) is 32.1 Å². The topological polar surface area (TPSA) is 62.5 Å². The van der Waals surface area contributed by atoms with E-state index in [-0.39, 0.29) is 11.8 Å². The Morgan fingerprint density at radius 1 is 1.07 bits per heavy atom. The highest BCUT2D eigenvalue weighted by atomic mass is 16.4. The molecule has 1 aliphatic heterocycles. The molecule has 0 radical (unpaired) electrons. The van der Waals surface area contributed by atoms with Gasteiger partial charge in [0.15, 0.2) is 0 Å². The van der Waals surface area contributed by atoms with Gasteiger partial charge < -0.3 is 14.2 Å². The van der Waals surface area contributed by atoms with Crippen molar-refractivity contribution in [3.8, 4) is 11.5 Å². The fourth-order valence-corrected chi connectivity index (χ4v) is 3.54. The molecule has 0 aliphatic carbocycles. The van der Waals surface area contributed by atoms with Crippen LogP contribution in [-0.4, -0.2) is 48.2 Å². The van der Waals surface area contributed by atoms with Crippen LogP contribution in [0, 0.1) is 0 Å². The Hall–Kier alpha value is -3.15. The fourth-order valence-electron chi connectivity index (χ4n) is 3.54. The highest BCUT2D eigenvalue weighted by Crippen LogP contribution is 2.29. The van der Waals surface area contributed by atoms with Gasteiger partial charge in [-0.2, -0.15) is 0 Å². The first kappa shape index (κ1) is 18.2. The lowest BCUT2D eigenvalue weighted by atomic mass is 9.97. The van der Waals surface area contributed by atoms with Gasteiger partial charge >= 0.3 is 0 Å². The second-order valence-corrected chi connectivity index (χ2v) is 7.34. The van der Waals surface area contributed by atoms with Gasteiger partial charge in [0.2, 0.25) is 11.8 Å². The first-order valence-corrected chi connectivity index (χ1v) is 9.57. The van der Waals surface area contributed by atoms with E-state index in [2.05, 4.69) is 10.2 Å². The average molecular weight is 376 g/mol. The average Bonchev–Trinajstić information content (AvgIpc) is 3.24. The van der Waals surface area contributed by atoms with Gasteiger partial charge in [-0.3, -0.25) is 4.79 Å². The Morgan fingerprint density at radius 2 is 1.82 bits per heavy atom. The third kappa shape index (κ3) is 3.76. The molecule has 1 aliphatic rings. The third-order valence-corrected chi connectivity index (χ3v) is 5.15. The van der Waals surface area contributed by atoms with Gasteiger partial charge in [0.1, 0.15) is 0 Å². The van der Waals surface area contributed by atoms with Crippen LogP contribution in [0.15, 0.2) is 59.0 Å². The van der Waals surface area contributed by atoms with Crippen LogP contribution in [0.2, 0.25) is 0 Å². The molecule has 6 nitrogen and oxygen atoms in total. The zero-order valence-corrected chi connectivity index (χ0v) is 16.2. The Labute approximate surface area is 164 Å². The van der Waals surface area contributed by atoms with Crippen molar-refractivity contribution in [3.63, 3.8) is 0 Å². The lowest BCUT2D eigenvalue weighted by Gasteiger charge is -2.31. The molecule has 3 aromatic rings. The van der Waals surface area contributed by atoms with E-state index < -0.39 is 0 Å². The van der Waals surface area contributed by atoms with Crippen molar-refractivity contribution in [2.45, 2.75) is 18.8 Å². The molecule has 6 heteroatoms. The number of anilines is 1. The molecule has 0 N–H and O–H groups in total. The molecule has 144 valence electrons. The molecular weight excluding hydrogens is 352 g/mol. The predicted molar refractivity (Wildman–Crippen MR) is 108 cm³/mol. The maximum absolute atomic E-state index is 12.9. The van der Waals surface area contributed by atoms with Gasteiger partial charge in [-0.25, -0.2) is 0 Å². The molecule has 1 aromatic heterocycles. The van der Waals surface area contributed by atoms with Gasteiger partial charge in [-0.1, -0.05) is 18.2 Å². The van der Waals surface area contributed by atoms with Crippen LogP contribution in [-0.2, 0) is 0 Å². The maximum atomic E-state index is 12.9. The quantitative estimate of drug-likeness (QED) is 0.693. The lowest BCUT2D eigenvalue weighted by Crippen LogP contribution is -2.39. The summed E-state index contributed by atoms with van der Waals surface area (Å²) in [4.78, 5) is 16.8. The minimum absolute atomic E-state index is 0.0535. The number of hydrogen-bond acceptors (Lipinski definition) is 5. The number of likely N-dealkylation sites (tertiary alicyclic amines) is 1. The number of amides is 1. The number of carbonyl (C=O) groups is 1. The molecule has 0 saturated carbocycles. The maximum Gasteiger partial charge on any atom is 0.253 e. The summed E-state index contributed by atoms with van der Waals surface area (Å²) < 4.78 is 5.92. The Balaban J connectivity index is 1.47. The van der Waals surface area contributed by atoms with E-state index in [0.29, 0.717) is 23.9 Å². The second-order valence-electron chi connectivity index (χ2n) is 7.34. The SMILES string of the molecule is CN(C)c1ccc(C(=O)N2CCC[C@@H](c3nnc(-c4ccccc4)o3)C2)cc1. The van der Waals surface area contributed by atoms with E-state index in [1.165, 1.54) is 0 Å². The fraction of sp³-hybridized carbons (Fsp3) is 0.318. The smallest absolute Gasteiger partial charge is 0.253 e. The van der Waals surface area contributed by atoms with Crippen LogP contribution in [0.4, 0.5) is 5.69 Å². The molecular formula is C22H24N4O2. The van der Waals surface area contributed by atoms with Crippen LogP contribution >= 0.6 is 0 Å². The standard InChI is InChI=1S/C22H24N4O2/c1-25(2)19-12-10-17(11-13-19)22(27)26-14-6-9-18(15-26)21-24-23-20(28-21)16-7-4-3-5-8-16/h3-5,7-8,10-13,18H,6,9,14-15H2,1-2H3/t18-/m1/s1. The summed E-state index contributed by atoms with van der Waals surface area (Å²) in [6.45, 7) is 1.36. The highest BCUT2D eigenvalue weighted by molar-refractivity contribution is 5.94. The Kier molecular flexibility index (Phi) is 5.10. The van der Waals surface area contributed by atoms with Crippen LogP contribution in [0.3, 0.4) is 0 Å². The summed E-state index contributed by atoms with van der Waals surface area (Å²) in [5, 5.41) is 8.44. The van der Waals surface area contributed by atoms with Crippen molar-refractivity contribution in [2.24, 2.45) is 0 Å². The van der Waals surface area contributed by atoms with Crippen molar-refractivity contribution < 1.29 is 9.21 Å². The highest BCUT2D eigenvalue weighted by Gasteiger charge is 2.29. The normalized spacial score (nSPS) is 16.8. The summed E-state index contributed by atoms with van der Waals surface area (Å²) in [5.41, 5.74) is 2.69. The number of hydrogen-bond donors (Lipinski definition) is 0. The third-order valence-electron chi connectivity index (χ3n) is 5.15. The van der Waals surface area contributed by atoms with Gasteiger partial charge in [0, 0.05) is 44.0 Å². The Morgan fingerprint density at radius 3 is 2.54 bits per heavy atom. The van der Waals surface area contributed by atoms with Crippen LogP contribution < -0.4 is 4.90 Å². The number of benzene rings is 2. The van der Waals surface area contributed by atoms with Crippen molar-refractivity contribution in [1.29, 1.82) is 0 Å². The summed E-state index contributed by atoms with van der Waals surface area (Å²) in [6, 6.07) is 17.5. The lowest BCUT2D eigenvalue weighted by molar-refractivity contribution is 0.0698. The molecule has 1 amide bonds. The number of rotatable bonds is 4. The van der Waals surface area contributed by atoms with E-state index in [1.54, 1.807) is 0 Å². The number of piperidine rings is 1. The molecule has 0 bridgehead atoms. The monoisotopic (exact) mass is 376 g/mol. The van der Waals surface area contributed by atoms with Gasteiger partial charge in [-0.05, 0) is 49.2 Å². The molecule has 2 aromatic carbocycles. The summed E-state index contributed by atoms with van der Waals surface area (Å²) in [7, 11) is 3.97. The minimum Gasteiger partial charge on any atom is -0.420 e. The number of carbonyl (C=O) groups excluding carboxylic acids is 1. The summed E-state index contributed by atoms with van der Waals surface area (Å²) in [6.07, 6.45) is 1.87. The molecule has 4 rings (SSSR count). The molecule has 28 heavy (non-hydrogen) atoms. The van der Waals surface area contributed by atoms with E-state index in [0.717, 1.165) is 30.6 Å². The van der Waals surface area contributed by atoms with E-state index >= 15 is 0 Å². The van der Waals surface area contributed by atoms with Crippen LogP contribution in [0.1, 0.15) is 35.0 Å². The zero-order valence-electron chi connectivity index (χ0n) is 16.2. The molecule has 0 spiro atoms. The van der Waals surface area contributed by atoms with Gasteiger partial charge in [-0.15, -0.1) is 10.2 Å². The van der Waals surface area contributed by atoms with Crippen molar-refractivity contribution >= 4 is 11.6 Å². The van der Waals surface area contributed by atoms with E-state index in [4.69, 9.17) is 4.42 Å². The molecule has 0 unspecified atom stereocenters.